The highest BCUT2D eigenvalue weighted by molar-refractivity contribution is 6.42. The topological polar surface area (TPSA) is 24.1 Å². The van der Waals surface area contributed by atoms with Gasteiger partial charge >= 0.3 is 0 Å². The van der Waals surface area contributed by atoms with Crippen LogP contribution in [-0.4, -0.2) is 26.2 Å². The lowest BCUT2D eigenvalue weighted by atomic mass is 9.64. The smallest absolute Gasteiger partial charge is 0.0595 e. The number of rotatable bonds is 2. The van der Waals surface area contributed by atoms with Gasteiger partial charge in [0.2, 0.25) is 0 Å². The summed E-state index contributed by atoms with van der Waals surface area (Å²) in [6.45, 7) is 6.71. The summed E-state index contributed by atoms with van der Waals surface area (Å²) < 4.78 is 0. The van der Waals surface area contributed by atoms with Crippen molar-refractivity contribution in [3.63, 3.8) is 0 Å². The van der Waals surface area contributed by atoms with Crippen LogP contribution in [0.4, 0.5) is 0 Å². The van der Waals surface area contributed by atoms with Crippen molar-refractivity contribution in [2.24, 2.45) is 11.8 Å². The SMILES string of the molecule is Cc1cc([C@@]23CCCC[C@@H]2CNC3)ccc1Cl.Clc1ccc([C@]23CCCC[C@H]2CNC3)cc1Cl. The molecule has 184 valence electrons. The molecule has 0 amide bonds. The van der Waals surface area contributed by atoms with Gasteiger partial charge in [-0.2, -0.15) is 0 Å². The van der Waals surface area contributed by atoms with Crippen LogP contribution < -0.4 is 10.6 Å². The van der Waals surface area contributed by atoms with E-state index in [1.54, 1.807) is 0 Å². The van der Waals surface area contributed by atoms with Gasteiger partial charge in [-0.3, -0.25) is 0 Å². The lowest BCUT2D eigenvalue weighted by Gasteiger charge is -2.39. The highest BCUT2D eigenvalue weighted by atomic mass is 35.5. The average Bonchev–Trinajstić information content (AvgIpc) is 3.48. The van der Waals surface area contributed by atoms with E-state index in [-0.39, 0.29) is 0 Å². The molecule has 2 aromatic rings. The molecule has 0 bridgehead atoms. The molecule has 4 atom stereocenters. The second-order valence-electron chi connectivity index (χ2n) is 11.1. The van der Waals surface area contributed by atoms with Gasteiger partial charge in [0.05, 0.1) is 10.0 Å². The second-order valence-corrected chi connectivity index (χ2v) is 12.3. The maximum atomic E-state index is 6.17. The van der Waals surface area contributed by atoms with Crippen LogP contribution in [0.1, 0.15) is 68.1 Å². The van der Waals surface area contributed by atoms with Crippen LogP contribution in [0.3, 0.4) is 0 Å². The van der Waals surface area contributed by atoms with E-state index in [2.05, 4.69) is 47.9 Å². The number of hydrogen-bond acceptors (Lipinski definition) is 2. The molecule has 5 heteroatoms. The van der Waals surface area contributed by atoms with Crippen LogP contribution in [0.2, 0.25) is 15.1 Å². The third kappa shape index (κ3) is 4.55. The summed E-state index contributed by atoms with van der Waals surface area (Å²) in [4.78, 5) is 0. The van der Waals surface area contributed by atoms with E-state index < -0.39 is 0 Å². The Morgan fingerprint density at radius 1 is 0.676 bits per heavy atom. The van der Waals surface area contributed by atoms with Crippen LogP contribution >= 0.6 is 34.8 Å². The summed E-state index contributed by atoms with van der Waals surface area (Å²) in [5.74, 6) is 1.60. The van der Waals surface area contributed by atoms with Crippen molar-refractivity contribution in [3.8, 4) is 0 Å². The van der Waals surface area contributed by atoms with Gasteiger partial charge in [0.25, 0.3) is 0 Å². The molecule has 2 saturated carbocycles. The summed E-state index contributed by atoms with van der Waals surface area (Å²) in [5.41, 5.74) is 4.81. The Bertz CT molecular complexity index is 943. The van der Waals surface area contributed by atoms with E-state index in [9.17, 15) is 0 Å². The number of benzene rings is 2. The first-order valence-electron chi connectivity index (χ1n) is 13.1. The molecule has 2 N–H and O–H groups in total. The van der Waals surface area contributed by atoms with Crippen LogP contribution in [0.15, 0.2) is 36.4 Å². The Hall–Kier alpha value is -0.770. The zero-order chi connectivity index (χ0) is 23.8. The van der Waals surface area contributed by atoms with E-state index in [4.69, 9.17) is 34.8 Å². The van der Waals surface area contributed by atoms with E-state index in [1.807, 2.05) is 6.07 Å². The minimum Gasteiger partial charge on any atom is -0.316 e. The summed E-state index contributed by atoms with van der Waals surface area (Å²) in [6.07, 6.45) is 10.8. The van der Waals surface area contributed by atoms with Gasteiger partial charge < -0.3 is 10.6 Å². The fraction of sp³-hybridized carbons (Fsp3) is 0.586. The first-order chi connectivity index (χ1) is 16.4. The van der Waals surface area contributed by atoms with Gasteiger partial charge in [-0.1, -0.05) is 78.7 Å². The average molecular weight is 520 g/mol. The third-order valence-corrected chi connectivity index (χ3v) is 10.5. The standard InChI is InChI=1S/C15H20ClN.C14H17Cl2N/c1-11-8-12(5-6-14(11)16)15-7-3-2-4-13(15)9-17-10-15;15-12-5-4-10(7-13(12)16)14-6-2-1-3-11(14)8-17-9-14/h5-6,8,13,17H,2-4,7,9-10H2,1H3;4-5,7,11,17H,1-3,6,8-9H2/t13-,15+;11-,14+/m10/s1. The molecule has 2 heterocycles. The third-order valence-electron chi connectivity index (χ3n) is 9.30. The van der Waals surface area contributed by atoms with Gasteiger partial charge in [-0.05, 0) is 92.4 Å². The van der Waals surface area contributed by atoms with Crippen LogP contribution in [0.5, 0.6) is 0 Å². The highest BCUT2D eigenvalue weighted by Crippen LogP contribution is 2.47. The van der Waals surface area contributed by atoms with Crippen LogP contribution in [0, 0.1) is 18.8 Å². The Morgan fingerprint density at radius 2 is 1.21 bits per heavy atom. The lowest BCUT2D eigenvalue weighted by Crippen LogP contribution is -2.37. The van der Waals surface area contributed by atoms with Crippen molar-refractivity contribution in [2.45, 2.75) is 69.1 Å². The summed E-state index contributed by atoms with van der Waals surface area (Å²) >= 11 is 18.3. The molecule has 34 heavy (non-hydrogen) atoms. The number of aryl methyl sites for hydroxylation is 1. The zero-order valence-electron chi connectivity index (χ0n) is 20.2. The first-order valence-corrected chi connectivity index (χ1v) is 14.2. The van der Waals surface area contributed by atoms with Crippen molar-refractivity contribution >= 4 is 34.8 Å². The van der Waals surface area contributed by atoms with Crippen LogP contribution in [-0.2, 0) is 10.8 Å². The molecule has 0 aromatic heterocycles. The van der Waals surface area contributed by atoms with Gasteiger partial charge in [-0.25, -0.2) is 0 Å². The van der Waals surface area contributed by atoms with Crippen LogP contribution in [0.25, 0.3) is 0 Å². The van der Waals surface area contributed by atoms with Crippen molar-refractivity contribution in [1.29, 1.82) is 0 Å². The van der Waals surface area contributed by atoms with Crippen molar-refractivity contribution in [1.82, 2.24) is 10.6 Å². The summed E-state index contributed by atoms with van der Waals surface area (Å²) in [7, 11) is 0. The Morgan fingerprint density at radius 3 is 1.74 bits per heavy atom. The molecule has 4 fully saturated rings. The molecular weight excluding hydrogens is 483 g/mol. The quantitative estimate of drug-likeness (QED) is 0.425. The van der Waals surface area contributed by atoms with Gasteiger partial charge in [0.15, 0.2) is 0 Å². The largest absolute Gasteiger partial charge is 0.316 e. The number of nitrogens with one attached hydrogen (secondary N) is 2. The molecule has 0 unspecified atom stereocenters. The highest BCUT2D eigenvalue weighted by Gasteiger charge is 2.46. The zero-order valence-corrected chi connectivity index (χ0v) is 22.5. The Balaban J connectivity index is 0.000000142. The van der Waals surface area contributed by atoms with E-state index in [0.29, 0.717) is 20.9 Å². The molecule has 0 radical (unpaired) electrons. The Labute approximate surface area is 220 Å². The fourth-order valence-corrected chi connectivity index (χ4v) is 7.76. The molecule has 2 aliphatic carbocycles. The van der Waals surface area contributed by atoms with Crippen molar-refractivity contribution in [3.05, 3.63) is 68.2 Å². The molecule has 2 saturated heterocycles. The minimum atomic E-state index is 0.312. The molecule has 0 spiro atoms. The van der Waals surface area contributed by atoms with E-state index in [1.165, 1.54) is 74.6 Å². The molecule has 2 aliphatic heterocycles. The number of hydrogen-bond donors (Lipinski definition) is 2. The first kappa shape index (κ1) is 24.9. The Kier molecular flexibility index (Phi) is 7.55. The van der Waals surface area contributed by atoms with Crippen molar-refractivity contribution in [2.75, 3.05) is 26.2 Å². The molecule has 2 aromatic carbocycles. The van der Waals surface area contributed by atoms with E-state index in [0.717, 1.165) is 36.5 Å². The normalized spacial score (nSPS) is 32.5. The maximum Gasteiger partial charge on any atom is 0.0595 e. The second kappa shape index (κ2) is 10.3. The van der Waals surface area contributed by atoms with Gasteiger partial charge in [-0.15, -0.1) is 0 Å². The molecule has 2 nitrogen and oxygen atoms in total. The summed E-state index contributed by atoms with van der Waals surface area (Å²) in [5, 5.41) is 9.41. The maximum absolute atomic E-state index is 6.17. The van der Waals surface area contributed by atoms with E-state index >= 15 is 0 Å². The summed E-state index contributed by atoms with van der Waals surface area (Å²) in [6, 6.07) is 12.8. The molecule has 4 aliphatic rings. The monoisotopic (exact) mass is 518 g/mol. The molecular formula is C29H37Cl3N2. The van der Waals surface area contributed by atoms with Gasteiger partial charge in [0, 0.05) is 28.9 Å². The predicted octanol–water partition coefficient (Wildman–Crippen LogP) is 7.70. The molecule has 6 rings (SSSR count). The lowest BCUT2D eigenvalue weighted by molar-refractivity contribution is 0.242. The van der Waals surface area contributed by atoms with Gasteiger partial charge in [0.1, 0.15) is 0 Å². The number of halogens is 3. The predicted molar refractivity (Wildman–Crippen MR) is 146 cm³/mol. The van der Waals surface area contributed by atoms with Crippen molar-refractivity contribution < 1.29 is 0 Å². The fourth-order valence-electron chi connectivity index (χ4n) is 7.35. The minimum absolute atomic E-state index is 0.312. The number of fused-ring (bicyclic) bond motifs is 2.